The van der Waals surface area contributed by atoms with Crippen molar-refractivity contribution in [2.24, 2.45) is 0 Å². The topological polar surface area (TPSA) is 28.2 Å². The minimum absolute atomic E-state index is 0.531. The van der Waals surface area contributed by atoms with E-state index in [9.17, 15) is 0 Å². The molecule has 1 unspecified atom stereocenters. The van der Waals surface area contributed by atoms with Crippen molar-refractivity contribution in [1.29, 1.82) is 0 Å². The fraction of sp³-hybridized carbons (Fsp3) is 0.812. The minimum Gasteiger partial charge on any atom is -0.345 e. The van der Waals surface area contributed by atoms with Crippen LogP contribution < -0.4 is 10.2 Å². The predicted octanol–water partition coefficient (Wildman–Crippen LogP) is 3.97. The number of piperidine rings is 1. The lowest BCUT2D eigenvalue weighted by atomic mass is 10.0. The molecule has 3 nitrogen and oxygen atoms in total. The Morgan fingerprint density at radius 1 is 1.40 bits per heavy atom. The molecule has 0 aliphatic carbocycles. The van der Waals surface area contributed by atoms with E-state index in [4.69, 9.17) is 4.98 Å². The Morgan fingerprint density at radius 2 is 2.20 bits per heavy atom. The average Bonchev–Trinajstić information content (AvgIpc) is 2.80. The van der Waals surface area contributed by atoms with Crippen LogP contribution in [0.5, 0.6) is 0 Å². The van der Waals surface area contributed by atoms with Gasteiger partial charge in [-0.3, -0.25) is 0 Å². The largest absolute Gasteiger partial charge is 0.345 e. The molecule has 0 bridgehead atoms. The van der Waals surface area contributed by atoms with Gasteiger partial charge < -0.3 is 10.2 Å². The summed E-state index contributed by atoms with van der Waals surface area (Å²) in [4.78, 5) is 8.91. The molecular formula is C16H29N3S. The lowest BCUT2D eigenvalue weighted by Crippen LogP contribution is -2.37. The van der Waals surface area contributed by atoms with Gasteiger partial charge in [-0.15, -0.1) is 11.3 Å². The molecule has 0 amide bonds. The lowest BCUT2D eigenvalue weighted by molar-refractivity contribution is 0.484. The summed E-state index contributed by atoms with van der Waals surface area (Å²) in [5.74, 6) is 0. The second-order valence-electron chi connectivity index (χ2n) is 6.19. The highest BCUT2D eigenvalue weighted by molar-refractivity contribution is 7.15. The summed E-state index contributed by atoms with van der Waals surface area (Å²) in [5.41, 5.74) is 1.32. The first-order valence-electron chi connectivity index (χ1n) is 8.10. The Balaban J connectivity index is 2.14. The number of nitrogens with one attached hydrogen (secondary N) is 1. The molecule has 20 heavy (non-hydrogen) atoms. The summed E-state index contributed by atoms with van der Waals surface area (Å²) >= 11 is 1.90. The van der Waals surface area contributed by atoms with Crippen LogP contribution in [-0.2, 0) is 13.0 Å². The number of aryl methyl sites for hydroxylation is 1. The van der Waals surface area contributed by atoms with Crippen LogP contribution in [0.25, 0.3) is 0 Å². The molecule has 2 rings (SSSR count). The third-order valence-corrected chi connectivity index (χ3v) is 5.11. The van der Waals surface area contributed by atoms with Crippen LogP contribution >= 0.6 is 11.3 Å². The van der Waals surface area contributed by atoms with Crippen molar-refractivity contribution in [1.82, 2.24) is 10.3 Å². The van der Waals surface area contributed by atoms with Gasteiger partial charge in [0.25, 0.3) is 0 Å². The van der Waals surface area contributed by atoms with Crippen molar-refractivity contribution in [2.45, 2.75) is 78.4 Å². The van der Waals surface area contributed by atoms with Crippen molar-refractivity contribution in [3.8, 4) is 0 Å². The van der Waals surface area contributed by atoms with Gasteiger partial charge in [-0.05, 0) is 32.6 Å². The summed E-state index contributed by atoms with van der Waals surface area (Å²) in [6.45, 7) is 11.1. The minimum atomic E-state index is 0.531. The normalized spacial score (nSPS) is 19.9. The van der Waals surface area contributed by atoms with E-state index >= 15 is 0 Å². The van der Waals surface area contributed by atoms with Crippen LogP contribution in [0, 0.1) is 0 Å². The molecule has 0 spiro atoms. The van der Waals surface area contributed by atoms with Gasteiger partial charge in [-0.25, -0.2) is 4.98 Å². The van der Waals surface area contributed by atoms with Crippen molar-refractivity contribution in [2.75, 3.05) is 11.4 Å². The highest BCUT2D eigenvalue weighted by Gasteiger charge is 2.22. The van der Waals surface area contributed by atoms with Crippen LogP contribution in [0.2, 0.25) is 0 Å². The molecule has 1 aromatic rings. The smallest absolute Gasteiger partial charge is 0.186 e. The van der Waals surface area contributed by atoms with Crippen molar-refractivity contribution in [3.63, 3.8) is 0 Å². The van der Waals surface area contributed by atoms with Crippen molar-refractivity contribution < 1.29 is 0 Å². The predicted molar refractivity (Wildman–Crippen MR) is 88.7 cm³/mol. The molecule has 2 heterocycles. The summed E-state index contributed by atoms with van der Waals surface area (Å²) in [5, 5.41) is 4.79. The van der Waals surface area contributed by atoms with Gasteiger partial charge in [0, 0.05) is 30.1 Å². The van der Waals surface area contributed by atoms with E-state index in [1.54, 1.807) is 0 Å². The molecule has 0 radical (unpaired) electrons. The molecular weight excluding hydrogens is 266 g/mol. The summed E-state index contributed by atoms with van der Waals surface area (Å²) in [6, 6.07) is 1.18. The molecule has 1 aliphatic rings. The zero-order chi connectivity index (χ0) is 14.5. The van der Waals surface area contributed by atoms with E-state index in [1.807, 2.05) is 11.3 Å². The number of aromatic nitrogens is 1. The fourth-order valence-electron chi connectivity index (χ4n) is 2.74. The van der Waals surface area contributed by atoms with E-state index < -0.39 is 0 Å². The molecule has 1 saturated heterocycles. The van der Waals surface area contributed by atoms with Gasteiger partial charge in [-0.1, -0.05) is 27.2 Å². The fourth-order valence-corrected chi connectivity index (χ4v) is 3.93. The van der Waals surface area contributed by atoms with E-state index in [-0.39, 0.29) is 0 Å². The number of anilines is 1. The zero-order valence-corrected chi connectivity index (χ0v) is 14.2. The first-order valence-corrected chi connectivity index (χ1v) is 8.92. The maximum Gasteiger partial charge on any atom is 0.186 e. The van der Waals surface area contributed by atoms with Crippen molar-refractivity contribution >= 4 is 16.5 Å². The molecule has 1 N–H and O–H groups in total. The van der Waals surface area contributed by atoms with Gasteiger partial charge in [0.15, 0.2) is 5.13 Å². The Kier molecular flexibility index (Phi) is 5.85. The standard InChI is InChI=1S/C16H29N3S/c1-5-8-14-15(11-17-12(2)3)20-16(18-14)19-10-7-6-9-13(19)4/h12-13,17H,5-11H2,1-4H3. The number of hydrogen-bond acceptors (Lipinski definition) is 4. The van der Waals surface area contributed by atoms with E-state index in [1.165, 1.54) is 47.9 Å². The van der Waals surface area contributed by atoms with Crippen LogP contribution in [-0.4, -0.2) is 23.6 Å². The summed E-state index contributed by atoms with van der Waals surface area (Å²) < 4.78 is 0. The maximum absolute atomic E-state index is 4.96. The van der Waals surface area contributed by atoms with E-state index in [0.29, 0.717) is 12.1 Å². The molecule has 0 aromatic carbocycles. The monoisotopic (exact) mass is 295 g/mol. The molecule has 1 atom stereocenters. The molecule has 0 saturated carbocycles. The second kappa shape index (κ2) is 7.41. The molecule has 4 heteroatoms. The van der Waals surface area contributed by atoms with Crippen LogP contribution in [0.3, 0.4) is 0 Å². The van der Waals surface area contributed by atoms with Crippen molar-refractivity contribution in [3.05, 3.63) is 10.6 Å². The molecule has 1 aliphatic heterocycles. The summed E-state index contributed by atoms with van der Waals surface area (Å²) in [7, 11) is 0. The highest BCUT2D eigenvalue weighted by atomic mass is 32.1. The maximum atomic E-state index is 4.96. The van der Waals surface area contributed by atoms with Gasteiger partial charge >= 0.3 is 0 Å². The first kappa shape index (κ1) is 15.8. The second-order valence-corrected chi connectivity index (χ2v) is 7.25. The Bertz CT molecular complexity index is 414. The van der Waals surface area contributed by atoms with Crippen LogP contribution in [0.4, 0.5) is 5.13 Å². The molecule has 1 fully saturated rings. The number of thiazole rings is 1. The highest BCUT2D eigenvalue weighted by Crippen LogP contribution is 2.31. The van der Waals surface area contributed by atoms with E-state index in [2.05, 4.69) is 37.9 Å². The summed E-state index contributed by atoms with van der Waals surface area (Å²) in [6.07, 6.45) is 6.27. The van der Waals surface area contributed by atoms with Crippen LogP contribution in [0.1, 0.15) is 63.9 Å². The SMILES string of the molecule is CCCc1nc(N2CCCCC2C)sc1CNC(C)C. The Morgan fingerprint density at radius 3 is 2.85 bits per heavy atom. The first-order chi connectivity index (χ1) is 9.61. The Hall–Kier alpha value is -0.610. The third kappa shape index (κ3) is 3.95. The van der Waals surface area contributed by atoms with Gasteiger partial charge in [0.1, 0.15) is 0 Å². The number of nitrogens with zero attached hydrogens (tertiary/aromatic N) is 2. The van der Waals surface area contributed by atoms with Gasteiger partial charge in [0.05, 0.1) is 5.69 Å². The molecule has 114 valence electrons. The Labute approximate surface area is 127 Å². The quantitative estimate of drug-likeness (QED) is 0.860. The molecule has 1 aromatic heterocycles. The van der Waals surface area contributed by atoms with Crippen LogP contribution in [0.15, 0.2) is 0 Å². The van der Waals surface area contributed by atoms with E-state index in [0.717, 1.165) is 13.0 Å². The number of hydrogen-bond donors (Lipinski definition) is 1. The zero-order valence-electron chi connectivity index (χ0n) is 13.4. The van der Waals surface area contributed by atoms with Gasteiger partial charge in [0.2, 0.25) is 0 Å². The third-order valence-electron chi connectivity index (χ3n) is 3.97. The lowest BCUT2D eigenvalue weighted by Gasteiger charge is -2.33. The number of rotatable bonds is 6. The van der Waals surface area contributed by atoms with Gasteiger partial charge in [-0.2, -0.15) is 0 Å². The average molecular weight is 295 g/mol.